The van der Waals surface area contributed by atoms with Gasteiger partial charge in [-0.15, -0.1) is 10.2 Å². The molecule has 2 aromatic heterocycles. The number of amides is 1. The molecule has 2 aliphatic rings. The van der Waals surface area contributed by atoms with E-state index in [9.17, 15) is 9.18 Å². The molecule has 4 heterocycles. The second-order valence-electron chi connectivity index (χ2n) is 8.14. The number of hydrogen-bond acceptors (Lipinski definition) is 5. The predicted octanol–water partition coefficient (Wildman–Crippen LogP) is 2.19. The van der Waals surface area contributed by atoms with Gasteiger partial charge >= 0.3 is 0 Å². The van der Waals surface area contributed by atoms with Gasteiger partial charge in [0.2, 0.25) is 5.82 Å². The first-order chi connectivity index (χ1) is 14.6. The van der Waals surface area contributed by atoms with Gasteiger partial charge in [0.1, 0.15) is 11.6 Å². The zero-order valence-electron chi connectivity index (χ0n) is 16.8. The first kappa shape index (κ1) is 18.9. The fourth-order valence-corrected chi connectivity index (χ4v) is 4.59. The van der Waals surface area contributed by atoms with Crippen LogP contribution in [0.4, 0.5) is 10.1 Å². The fourth-order valence-electron chi connectivity index (χ4n) is 4.59. The van der Waals surface area contributed by atoms with Gasteiger partial charge in [0.25, 0.3) is 5.91 Å². The van der Waals surface area contributed by atoms with Crippen molar-refractivity contribution in [1.29, 1.82) is 0 Å². The number of nitrogens with zero attached hydrogens (tertiary/aromatic N) is 6. The van der Waals surface area contributed by atoms with Crippen LogP contribution in [-0.2, 0) is 26.1 Å². The Kier molecular flexibility index (Phi) is 4.82. The third-order valence-corrected chi connectivity index (χ3v) is 6.04. The Morgan fingerprint density at radius 3 is 2.90 bits per heavy atom. The molecule has 1 saturated heterocycles. The molecule has 1 N–H and O–H groups in total. The van der Waals surface area contributed by atoms with E-state index in [-0.39, 0.29) is 11.7 Å². The number of anilines is 1. The lowest BCUT2D eigenvalue weighted by Gasteiger charge is -2.25. The van der Waals surface area contributed by atoms with Crippen molar-refractivity contribution in [2.45, 2.75) is 33.0 Å². The molecular weight excluding hydrogens is 385 g/mol. The van der Waals surface area contributed by atoms with E-state index in [1.54, 1.807) is 12.1 Å². The average Bonchev–Trinajstić information content (AvgIpc) is 3.43. The van der Waals surface area contributed by atoms with Crippen molar-refractivity contribution in [3.8, 4) is 0 Å². The topological polar surface area (TPSA) is 80.9 Å². The summed E-state index contributed by atoms with van der Waals surface area (Å²) in [7, 11) is 0. The Morgan fingerprint density at radius 2 is 2.10 bits per heavy atom. The summed E-state index contributed by atoms with van der Waals surface area (Å²) in [4.78, 5) is 15.2. The van der Waals surface area contributed by atoms with Crippen molar-refractivity contribution >= 4 is 11.6 Å². The van der Waals surface area contributed by atoms with E-state index in [4.69, 9.17) is 0 Å². The molecule has 9 heteroatoms. The van der Waals surface area contributed by atoms with Crippen LogP contribution in [0.5, 0.6) is 0 Å². The third-order valence-electron chi connectivity index (χ3n) is 6.04. The molecule has 1 fully saturated rings. The molecule has 0 spiro atoms. The zero-order valence-corrected chi connectivity index (χ0v) is 16.8. The standard InChI is InChI=1S/C21H24FN7O/c1-2-28-10-14(8-23-28)9-27-11-15-6-19-25-26-20(29(19)13-16(15)12-27)21(30)24-18-5-3-4-17(22)7-18/h3-5,7-8,10,15-16H,2,6,9,11-13H2,1H3,(H,24,30)/t15-,16-/m0/s1. The molecule has 156 valence electrons. The van der Waals surface area contributed by atoms with Crippen molar-refractivity contribution in [3.63, 3.8) is 0 Å². The molecule has 2 aliphatic heterocycles. The number of aromatic nitrogens is 5. The van der Waals surface area contributed by atoms with Crippen LogP contribution in [0.15, 0.2) is 36.7 Å². The molecule has 5 rings (SSSR count). The van der Waals surface area contributed by atoms with Gasteiger partial charge in [0, 0.05) is 56.6 Å². The molecule has 0 unspecified atom stereocenters. The van der Waals surface area contributed by atoms with Crippen molar-refractivity contribution in [2.75, 3.05) is 18.4 Å². The molecular formula is C21H24FN7O. The molecule has 8 nitrogen and oxygen atoms in total. The summed E-state index contributed by atoms with van der Waals surface area (Å²) >= 11 is 0. The minimum atomic E-state index is -0.394. The number of benzene rings is 1. The van der Waals surface area contributed by atoms with Crippen LogP contribution < -0.4 is 5.32 Å². The van der Waals surface area contributed by atoms with Crippen molar-refractivity contribution in [1.82, 2.24) is 29.4 Å². The summed E-state index contributed by atoms with van der Waals surface area (Å²) in [5.41, 5.74) is 1.63. The Morgan fingerprint density at radius 1 is 1.23 bits per heavy atom. The minimum Gasteiger partial charge on any atom is -0.319 e. The van der Waals surface area contributed by atoms with Crippen LogP contribution in [0.2, 0.25) is 0 Å². The lowest BCUT2D eigenvalue weighted by atomic mass is 9.89. The van der Waals surface area contributed by atoms with Gasteiger partial charge in [0.15, 0.2) is 0 Å². The second kappa shape index (κ2) is 7.64. The van der Waals surface area contributed by atoms with E-state index in [1.165, 1.54) is 17.7 Å². The number of rotatable bonds is 5. The van der Waals surface area contributed by atoms with Crippen molar-refractivity contribution in [3.05, 3.63) is 59.7 Å². The summed E-state index contributed by atoms with van der Waals surface area (Å²) < 4.78 is 17.3. The maximum absolute atomic E-state index is 13.4. The SMILES string of the molecule is CCn1cc(CN2C[C@@H]3Cc4nnc(C(=O)Nc5cccc(F)c5)n4C[C@@H]3C2)cn1. The number of nitrogens with one attached hydrogen (secondary N) is 1. The van der Waals surface area contributed by atoms with Gasteiger partial charge in [-0.3, -0.25) is 14.4 Å². The van der Waals surface area contributed by atoms with Gasteiger partial charge in [-0.1, -0.05) is 6.07 Å². The molecule has 2 atom stereocenters. The molecule has 30 heavy (non-hydrogen) atoms. The number of aryl methyl sites for hydroxylation is 1. The van der Waals surface area contributed by atoms with Crippen LogP contribution in [0.3, 0.4) is 0 Å². The van der Waals surface area contributed by atoms with Gasteiger partial charge in [0.05, 0.1) is 6.20 Å². The molecule has 0 aliphatic carbocycles. The normalized spacial score (nSPS) is 20.7. The van der Waals surface area contributed by atoms with E-state index in [0.29, 0.717) is 17.5 Å². The quantitative estimate of drug-likeness (QED) is 0.699. The van der Waals surface area contributed by atoms with E-state index >= 15 is 0 Å². The monoisotopic (exact) mass is 409 g/mol. The summed E-state index contributed by atoms with van der Waals surface area (Å²) in [6, 6.07) is 5.84. The Bertz CT molecular complexity index is 1080. The number of likely N-dealkylation sites (tertiary alicyclic amines) is 1. The van der Waals surface area contributed by atoms with Crippen molar-refractivity contribution in [2.24, 2.45) is 11.8 Å². The predicted molar refractivity (Wildman–Crippen MR) is 108 cm³/mol. The third kappa shape index (κ3) is 3.60. The number of hydrogen-bond donors (Lipinski definition) is 1. The first-order valence-corrected chi connectivity index (χ1v) is 10.3. The molecule has 1 aromatic carbocycles. The average molecular weight is 409 g/mol. The Balaban J connectivity index is 1.27. The summed E-state index contributed by atoms with van der Waals surface area (Å²) in [6.45, 7) is 6.56. The maximum atomic E-state index is 13.4. The lowest BCUT2D eigenvalue weighted by Crippen LogP contribution is -2.31. The van der Waals surface area contributed by atoms with E-state index < -0.39 is 5.82 Å². The fraction of sp³-hybridized carbons (Fsp3) is 0.429. The summed E-state index contributed by atoms with van der Waals surface area (Å²) in [6.07, 6.45) is 4.86. The lowest BCUT2D eigenvalue weighted by molar-refractivity contribution is 0.100. The van der Waals surface area contributed by atoms with Crippen LogP contribution in [0.25, 0.3) is 0 Å². The molecule has 0 bridgehead atoms. The van der Waals surface area contributed by atoms with Gasteiger partial charge in [-0.2, -0.15) is 5.10 Å². The van der Waals surface area contributed by atoms with Crippen LogP contribution in [0, 0.1) is 17.7 Å². The van der Waals surface area contributed by atoms with Crippen LogP contribution in [-0.4, -0.2) is 48.4 Å². The molecule has 0 saturated carbocycles. The van der Waals surface area contributed by atoms with Crippen LogP contribution >= 0.6 is 0 Å². The maximum Gasteiger partial charge on any atom is 0.293 e. The van der Waals surface area contributed by atoms with Crippen LogP contribution in [0.1, 0.15) is 28.9 Å². The summed E-state index contributed by atoms with van der Waals surface area (Å²) in [5.74, 6) is 1.35. The highest BCUT2D eigenvalue weighted by molar-refractivity contribution is 6.01. The number of carbonyl (C=O) groups is 1. The van der Waals surface area contributed by atoms with Gasteiger partial charge in [-0.05, 0) is 37.0 Å². The number of fused-ring (bicyclic) bond motifs is 2. The molecule has 0 radical (unpaired) electrons. The van der Waals surface area contributed by atoms with Gasteiger partial charge < -0.3 is 9.88 Å². The smallest absolute Gasteiger partial charge is 0.293 e. The number of carbonyl (C=O) groups excluding carboxylic acids is 1. The Labute approximate surface area is 173 Å². The highest BCUT2D eigenvalue weighted by Crippen LogP contribution is 2.33. The first-order valence-electron chi connectivity index (χ1n) is 10.3. The highest BCUT2D eigenvalue weighted by atomic mass is 19.1. The summed E-state index contributed by atoms with van der Waals surface area (Å²) in [5, 5.41) is 15.5. The Hall–Kier alpha value is -3.07. The van der Waals surface area contributed by atoms with Crippen molar-refractivity contribution < 1.29 is 9.18 Å². The highest BCUT2D eigenvalue weighted by Gasteiger charge is 2.39. The zero-order chi connectivity index (χ0) is 20.7. The minimum absolute atomic E-state index is 0.287. The largest absolute Gasteiger partial charge is 0.319 e. The molecule has 1 amide bonds. The number of halogens is 1. The molecule has 3 aromatic rings. The van der Waals surface area contributed by atoms with E-state index in [1.807, 2.05) is 15.4 Å². The van der Waals surface area contributed by atoms with E-state index in [2.05, 4.69) is 38.6 Å². The van der Waals surface area contributed by atoms with Gasteiger partial charge in [-0.25, -0.2) is 4.39 Å². The van der Waals surface area contributed by atoms with E-state index in [0.717, 1.165) is 45.0 Å². The second-order valence-corrected chi connectivity index (χ2v) is 8.14.